The zero-order valence-electron chi connectivity index (χ0n) is 5.60. The van der Waals surface area contributed by atoms with Gasteiger partial charge in [0.2, 0.25) is 0 Å². The lowest BCUT2D eigenvalue weighted by Crippen LogP contribution is -2.37. The van der Waals surface area contributed by atoms with Crippen LogP contribution >= 0.6 is 0 Å². The molecule has 1 fully saturated rings. The lowest BCUT2D eigenvalue weighted by Gasteiger charge is -2.28. The van der Waals surface area contributed by atoms with Crippen LogP contribution in [0.5, 0.6) is 0 Å². The molecule has 0 aromatic carbocycles. The van der Waals surface area contributed by atoms with Crippen molar-refractivity contribution >= 4 is 0 Å². The van der Waals surface area contributed by atoms with Crippen LogP contribution < -0.4 is 0 Å². The minimum absolute atomic E-state index is 0.145. The first-order chi connectivity index (χ1) is 4.72. The molecule has 0 aromatic rings. The highest BCUT2D eigenvalue weighted by Gasteiger charge is 2.25. The molecule has 3 N–H and O–H groups in total. The zero-order valence-corrected chi connectivity index (χ0v) is 5.60. The van der Waals surface area contributed by atoms with Crippen LogP contribution in [0.3, 0.4) is 0 Å². The Hall–Kier alpha value is -0.160. The molecule has 1 saturated heterocycles. The zero-order chi connectivity index (χ0) is 7.56. The highest BCUT2D eigenvalue weighted by molar-refractivity contribution is 4.71. The van der Waals surface area contributed by atoms with E-state index in [0.29, 0.717) is 6.42 Å². The van der Waals surface area contributed by atoms with Gasteiger partial charge < -0.3 is 20.1 Å². The molecule has 0 aliphatic carbocycles. The molecule has 1 aliphatic rings. The standard InChI is InChI=1S/C6H12O4/c7-3-5-1-4(8)2-6(9)10-5/h4-9H,1-3H2/t4-,5+,6+/m1/s1. The molecular weight excluding hydrogens is 136 g/mol. The second kappa shape index (κ2) is 3.30. The number of aliphatic hydroxyl groups excluding tert-OH is 3. The maximum absolute atomic E-state index is 9.03. The molecule has 0 unspecified atom stereocenters. The molecule has 0 amide bonds. The summed E-state index contributed by atoms with van der Waals surface area (Å²) in [7, 11) is 0. The van der Waals surface area contributed by atoms with Gasteiger partial charge in [0.05, 0.1) is 18.8 Å². The van der Waals surface area contributed by atoms with Crippen molar-refractivity contribution in [2.45, 2.75) is 31.3 Å². The Morgan fingerprint density at radius 3 is 2.50 bits per heavy atom. The number of aliphatic hydroxyl groups is 3. The summed E-state index contributed by atoms with van der Waals surface area (Å²) in [5, 5.41) is 26.5. The molecule has 60 valence electrons. The van der Waals surface area contributed by atoms with Crippen LogP contribution in [0.1, 0.15) is 12.8 Å². The van der Waals surface area contributed by atoms with Crippen molar-refractivity contribution in [1.82, 2.24) is 0 Å². The quantitative estimate of drug-likeness (QED) is 0.438. The minimum Gasteiger partial charge on any atom is -0.394 e. The smallest absolute Gasteiger partial charge is 0.157 e. The first kappa shape index (κ1) is 7.94. The van der Waals surface area contributed by atoms with E-state index in [9.17, 15) is 0 Å². The normalized spacial score (nSPS) is 41.7. The highest BCUT2D eigenvalue weighted by Crippen LogP contribution is 2.17. The van der Waals surface area contributed by atoms with Crippen LogP contribution in [0, 0.1) is 0 Å². The Morgan fingerprint density at radius 2 is 2.00 bits per heavy atom. The van der Waals surface area contributed by atoms with Gasteiger partial charge in [0.15, 0.2) is 6.29 Å². The van der Waals surface area contributed by atoms with E-state index in [-0.39, 0.29) is 13.0 Å². The molecule has 1 aliphatic heterocycles. The molecule has 0 radical (unpaired) electrons. The van der Waals surface area contributed by atoms with Crippen molar-refractivity contribution < 1.29 is 20.1 Å². The summed E-state index contributed by atoms with van der Waals surface area (Å²) in [6.07, 6.45) is -1.20. The van der Waals surface area contributed by atoms with E-state index in [1.165, 1.54) is 0 Å². The van der Waals surface area contributed by atoms with Crippen molar-refractivity contribution in [2.24, 2.45) is 0 Å². The second-order valence-corrected chi connectivity index (χ2v) is 2.52. The van der Waals surface area contributed by atoms with Crippen LogP contribution in [0.2, 0.25) is 0 Å². The van der Waals surface area contributed by atoms with Gasteiger partial charge in [0.25, 0.3) is 0 Å². The van der Waals surface area contributed by atoms with Crippen molar-refractivity contribution in [2.75, 3.05) is 6.61 Å². The van der Waals surface area contributed by atoms with E-state index in [2.05, 4.69) is 0 Å². The Balaban J connectivity index is 2.35. The maximum atomic E-state index is 9.03. The Morgan fingerprint density at radius 1 is 1.30 bits per heavy atom. The van der Waals surface area contributed by atoms with Gasteiger partial charge in [-0.2, -0.15) is 0 Å². The molecule has 1 heterocycles. The molecule has 3 atom stereocenters. The Labute approximate surface area is 59.1 Å². The van der Waals surface area contributed by atoms with Gasteiger partial charge >= 0.3 is 0 Å². The number of rotatable bonds is 1. The van der Waals surface area contributed by atoms with E-state index < -0.39 is 18.5 Å². The molecule has 10 heavy (non-hydrogen) atoms. The third kappa shape index (κ3) is 1.91. The summed E-state index contributed by atoms with van der Waals surface area (Å²) in [6.45, 7) is -0.145. The van der Waals surface area contributed by atoms with Crippen molar-refractivity contribution in [3.63, 3.8) is 0 Å². The second-order valence-electron chi connectivity index (χ2n) is 2.52. The molecule has 0 spiro atoms. The lowest BCUT2D eigenvalue weighted by molar-refractivity contribution is -0.197. The van der Waals surface area contributed by atoms with Gasteiger partial charge in [-0.1, -0.05) is 0 Å². The topological polar surface area (TPSA) is 69.9 Å². The summed E-state index contributed by atoms with van der Waals surface area (Å²) in [5.74, 6) is 0. The number of hydrogen-bond acceptors (Lipinski definition) is 4. The van der Waals surface area contributed by atoms with Gasteiger partial charge in [-0.3, -0.25) is 0 Å². The summed E-state index contributed by atoms with van der Waals surface area (Å²) in [5.41, 5.74) is 0. The van der Waals surface area contributed by atoms with Gasteiger partial charge in [0.1, 0.15) is 0 Å². The van der Waals surface area contributed by atoms with Crippen molar-refractivity contribution in [3.8, 4) is 0 Å². The predicted molar refractivity (Wildman–Crippen MR) is 33.2 cm³/mol. The van der Waals surface area contributed by atoms with Crippen LogP contribution in [0.25, 0.3) is 0 Å². The molecule has 4 nitrogen and oxygen atoms in total. The van der Waals surface area contributed by atoms with Gasteiger partial charge in [-0.15, -0.1) is 0 Å². The summed E-state index contributed by atoms with van der Waals surface area (Å²) in [6, 6.07) is 0. The highest BCUT2D eigenvalue weighted by atomic mass is 16.6. The predicted octanol–water partition coefficient (Wildman–Crippen LogP) is -1.16. The molecule has 0 bridgehead atoms. The van der Waals surface area contributed by atoms with Gasteiger partial charge in [-0.25, -0.2) is 0 Å². The largest absolute Gasteiger partial charge is 0.394 e. The minimum atomic E-state index is -0.916. The monoisotopic (exact) mass is 148 g/mol. The fraction of sp³-hybridized carbons (Fsp3) is 1.00. The average molecular weight is 148 g/mol. The van der Waals surface area contributed by atoms with Crippen LogP contribution in [-0.4, -0.2) is 40.4 Å². The third-order valence-electron chi connectivity index (χ3n) is 1.56. The summed E-state index contributed by atoms with van der Waals surface area (Å²) in [4.78, 5) is 0. The van der Waals surface area contributed by atoms with Crippen LogP contribution in [-0.2, 0) is 4.74 Å². The fourth-order valence-electron chi connectivity index (χ4n) is 1.08. The molecule has 4 heteroatoms. The first-order valence-electron chi connectivity index (χ1n) is 3.35. The van der Waals surface area contributed by atoms with Crippen molar-refractivity contribution in [3.05, 3.63) is 0 Å². The van der Waals surface area contributed by atoms with E-state index in [0.717, 1.165) is 0 Å². The van der Waals surface area contributed by atoms with E-state index in [4.69, 9.17) is 20.1 Å². The van der Waals surface area contributed by atoms with Crippen molar-refractivity contribution in [1.29, 1.82) is 0 Å². The molecular formula is C6H12O4. The fourth-order valence-corrected chi connectivity index (χ4v) is 1.08. The van der Waals surface area contributed by atoms with E-state index >= 15 is 0 Å². The van der Waals surface area contributed by atoms with E-state index in [1.54, 1.807) is 0 Å². The first-order valence-corrected chi connectivity index (χ1v) is 3.35. The number of hydrogen-bond donors (Lipinski definition) is 3. The third-order valence-corrected chi connectivity index (χ3v) is 1.56. The SMILES string of the molecule is OC[C@@H]1C[C@@H](O)C[C@@H](O)O1. The summed E-state index contributed by atoms with van der Waals surface area (Å²) < 4.78 is 4.85. The van der Waals surface area contributed by atoms with Crippen LogP contribution in [0.4, 0.5) is 0 Å². The maximum Gasteiger partial charge on any atom is 0.157 e. The van der Waals surface area contributed by atoms with E-state index in [1.807, 2.05) is 0 Å². The molecule has 0 aromatic heterocycles. The van der Waals surface area contributed by atoms with Crippen LogP contribution in [0.15, 0.2) is 0 Å². The Bertz CT molecular complexity index is 95.9. The van der Waals surface area contributed by atoms with Gasteiger partial charge in [0, 0.05) is 12.8 Å². The Kier molecular flexibility index (Phi) is 2.62. The molecule has 0 saturated carbocycles. The number of ether oxygens (including phenoxy) is 1. The lowest BCUT2D eigenvalue weighted by atomic mass is 10.1. The average Bonchev–Trinajstić information content (AvgIpc) is 1.85. The molecule has 1 rings (SSSR count). The summed E-state index contributed by atoms with van der Waals surface area (Å²) >= 11 is 0. The van der Waals surface area contributed by atoms with Gasteiger partial charge in [-0.05, 0) is 0 Å².